The van der Waals surface area contributed by atoms with E-state index in [1.165, 1.54) is 7.11 Å². The summed E-state index contributed by atoms with van der Waals surface area (Å²) >= 11 is 0. The number of hydrogen-bond donors (Lipinski definition) is 0. The van der Waals surface area contributed by atoms with E-state index in [4.69, 9.17) is 9.47 Å². The zero-order valence-electron chi connectivity index (χ0n) is 12.3. The highest BCUT2D eigenvalue weighted by Crippen LogP contribution is 2.34. The van der Waals surface area contributed by atoms with Crippen LogP contribution in [0.5, 0.6) is 11.5 Å². The zero-order valence-corrected chi connectivity index (χ0v) is 12.3. The van der Waals surface area contributed by atoms with Crippen LogP contribution < -0.4 is 9.47 Å². The zero-order chi connectivity index (χ0) is 16.2. The van der Waals surface area contributed by atoms with Crippen LogP contribution in [0.25, 0.3) is 6.08 Å². The molecule has 2 heterocycles. The number of ketones is 1. The van der Waals surface area contributed by atoms with Gasteiger partial charge < -0.3 is 14.2 Å². The standard InChI is InChI=1S/C17H13NO5/c1-21-16(19)10-22-12-2-3-13-14(9-12)23-15(17(13)20)8-11-4-6-18-7-5-11/h2-9H,10H2,1H3. The van der Waals surface area contributed by atoms with Crippen molar-refractivity contribution < 1.29 is 23.8 Å². The van der Waals surface area contributed by atoms with E-state index < -0.39 is 5.97 Å². The average molecular weight is 311 g/mol. The maximum Gasteiger partial charge on any atom is 0.343 e. The second-order valence-corrected chi connectivity index (χ2v) is 4.74. The molecule has 0 aliphatic carbocycles. The first-order valence-corrected chi connectivity index (χ1v) is 6.85. The van der Waals surface area contributed by atoms with E-state index in [9.17, 15) is 9.59 Å². The third-order valence-corrected chi connectivity index (χ3v) is 3.23. The molecule has 1 aromatic carbocycles. The second kappa shape index (κ2) is 6.31. The lowest BCUT2D eigenvalue weighted by molar-refractivity contribution is -0.142. The molecule has 0 spiro atoms. The van der Waals surface area contributed by atoms with Crippen molar-refractivity contribution in [3.05, 3.63) is 59.6 Å². The Labute approximate surface area is 132 Å². The summed E-state index contributed by atoms with van der Waals surface area (Å²) in [6, 6.07) is 8.34. The van der Waals surface area contributed by atoms with E-state index in [1.807, 2.05) is 0 Å². The number of allylic oxidation sites excluding steroid dienone is 1. The lowest BCUT2D eigenvalue weighted by atomic mass is 10.1. The summed E-state index contributed by atoms with van der Waals surface area (Å²) in [6.45, 7) is -0.205. The highest BCUT2D eigenvalue weighted by molar-refractivity contribution is 6.14. The second-order valence-electron chi connectivity index (χ2n) is 4.74. The maximum atomic E-state index is 12.3. The first-order chi connectivity index (χ1) is 11.2. The normalized spacial score (nSPS) is 14.3. The molecule has 6 heteroatoms. The van der Waals surface area contributed by atoms with Gasteiger partial charge in [-0.2, -0.15) is 0 Å². The summed E-state index contributed by atoms with van der Waals surface area (Å²) in [5.74, 6) is 0.373. The van der Waals surface area contributed by atoms with Crippen LogP contribution >= 0.6 is 0 Å². The van der Waals surface area contributed by atoms with Gasteiger partial charge in [0.2, 0.25) is 5.78 Å². The summed E-state index contributed by atoms with van der Waals surface area (Å²) in [7, 11) is 1.28. The molecule has 0 N–H and O–H groups in total. The van der Waals surface area contributed by atoms with Crippen LogP contribution in [-0.4, -0.2) is 30.5 Å². The summed E-state index contributed by atoms with van der Waals surface area (Å²) in [6.07, 6.45) is 4.93. The van der Waals surface area contributed by atoms with Gasteiger partial charge in [0.1, 0.15) is 11.5 Å². The molecule has 0 unspecified atom stereocenters. The number of nitrogens with zero attached hydrogens (tertiary/aromatic N) is 1. The van der Waals surface area contributed by atoms with Gasteiger partial charge in [-0.05, 0) is 35.9 Å². The third-order valence-electron chi connectivity index (χ3n) is 3.23. The van der Waals surface area contributed by atoms with Gasteiger partial charge in [0.15, 0.2) is 12.4 Å². The molecule has 0 amide bonds. The van der Waals surface area contributed by atoms with Gasteiger partial charge in [-0.25, -0.2) is 4.79 Å². The van der Waals surface area contributed by atoms with Gasteiger partial charge >= 0.3 is 5.97 Å². The van der Waals surface area contributed by atoms with E-state index in [0.29, 0.717) is 17.1 Å². The summed E-state index contributed by atoms with van der Waals surface area (Å²) in [5.41, 5.74) is 1.27. The van der Waals surface area contributed by atoms with E-state index in [1.54, 1.807) is 48.8 Å². The largest absolute Gasteiger partial charge is 0.482 e. The minimum atomic E-state index is -0.485. The molecule has 1 aromatic heterocycles. The number of carbonyl (C=O) groups is 2. The number of rotatable bonds is 4. The van der Waals surface area contributed by atoms with Gasteiger partial charge in [0, 0.05) is 18.5 Å². The topological polar surface area (TPSA) is 74.7 Å². The molecular formula is C17H13NO5. The highest BCUT2D eigenvalue weighted by Gasteiger charge is 2.27. The average Bonchev–Trinajstić information content (AvgIpc) is 2.89. The number of Topliss-reactive ketones (excluding diaryl/α,β-unsaturated/α-hetero) is 1. The fraction of sp³-hybridized carbons (Fsp3) is 0.118. The van der Waals surface area contributed by atoms with Gasteiger partial charge in [0.25, 0.3) is 0 Å². The fourth-order valence-corrected chi connectivity index (χ4v) is 2.07. The molecule has 0 radical (unpaired) electrons. The summed E-state index contributed by atoms with van der Waals surface area (Å²) < 4.78 is 15.4. The SMILES string of the molecule is COC(=O)COc1ccc2c(c1)OC(=Cc1ccncc1)C2=O. The van der Waals surface area contributed by atoms with Crippen molar-refractivity contribution in [3.63, 3.8) is 0 Å². The Bertz CT molecular complexity index is 783. The number of aromatic nitrogens is 1. The van der Waals surface area contributed by atoms with Crippen LogP contribution in [-0.2, 0) is 9.53 Å². The first kappa shape index (κ1) is 14.8. The number of pyridine rings is 1. The number of methoxy groups -OCH3 is 1. The van der Waals surface area contributed by atoms with E-state index in [-0.39, 0.29) is 18.1 Å². The Balaban J connectivity index is 1.80. The Hall–Kier alpha value is -3.15. The smallest absolute Gasteiger partial charge is 0.343 e. The molecule has 2 aromatic rings. The molecule has 0 atom stereocenters. The van der Waals surface area contributed by atoms with Crippen molar-refractivity contribution in [3.8, 4) is 11.5 Å². The van der Waals surface area contributed by atoms with Crippen molar-refractivity contribution in [1.29, 1.82) is 0 Å². The molecule has 6 nitrogen and oxygen atoms in total. The van der Waals surface area contributed by atoms with E-state index in [0.717, 1.165) is 5.56 Å². The van der Waals surface area contributed by atoms with Gasteiger partial charge in [-0.15, -0.1) is 0 Å². The predicted molar refractivity (Wildman–Crippen MR) is 81.1 cm³/mol. The first-order valence-electron chi connectivity index (χ1n) is 6.85. The molecule has 116 valence electrons. The molecule has 3 rings (SSSR count). The van der Waals surface area contributed by atoms with Crippen molar-refractivity contribution in [2.75, 3.05) is 13.7 Å². The maximum absolute atomic E-state index is 12.3. The summed E-state index contributed by atoms with van der Waals surface area (Å²) in [5, 5.41) is 0. The number of ether oxygens (including phenoxy) is 3. The third kappa shape index (κ3) is 3.21. The highest BCUT2D eigenvalue weighted by atomic mass is 16.6. The molecule has 1 aliphatic heterocycles. The van der Waals surface area contributed by atoms with Crippen LogP contribution in [0.2, 0.25) is 0 Å². The van der Waals surface area contributed by atoms with Crippen LogP contribution in [0.15, 0.2) is 48.5 Å². The van der Waals surface area contributed by atoms with Crippen LogP contribution in [0.1, 0.15) is 15.9 Å². The van der Waals surface area contributed by atoms with Crippen molar-refractivity contribution in [1.82, 2.24) is 4.98 Å². The molecule has 0 fully saturated rings. The van der Waals surface area contributed by atoms with E-state index >= 15 is 0 Å². The molecular weight excluding hydrogens is 298 g/mol. The van der Waals surface area contributed by atoms with Crippen molar-refractivity contribution in [2.45, 2.75) is 0 Å². The number of carbonyl (C=O) groups excluding carboxylic acids is 2. The molecule has 0 saturated heterocycles. The quantitative estimate of drug-likeness (QED) is 0.637. The fourth-order valence-electron chi connectivity index (χ4n) is 2.07. The van der Waals surface area contributed by atoms with Crippen molar-refractivity contribution in [2.24, 2.45) is 0 Å². The number of benzene rings is 1. The minimum absolute atomic E-state index is 0.198. The molecule has 23 heavy (non-hydrogen) atoms. The van der Waals surface area contributed by atoms with Crippen molar-refractivity contribution >= 4 is 17.8 Å². The van der Waals surface area contributed by atoms with Gasteiger partial charge in [-0.1, -0.05) is 0 Å². The lowest BCUT2D eigenvalue weighted by Crippen LogP contribution is -2.12. The number of hydrogen-bond acceptors (Lipinski definition) is 6. The minimum Gasteiger partial charge on any atom is -0.482 e. The van der Waals surface area contributed by atoms with Gasteiger partial charge in [0.05, 0.1) is 12.7 Å². The molecule has 1 aliphatic rings. The molecule has 0 saturated carbocycles. The van der Waals surface area contributed by atoms with Crippen LogP contribution in [0.4, 0.5) is 0 Å². The van der Waals surface area contributed by atoms with Crippen LogP contribution in [0.3, 0.4) is 0 Å². The monoisotopic (exact) mass is 311 g/mol. The van der Waals surface area contributed by atoms with Crippen LogP contribution in [0, 0.1) is 0 Å². The summed E-state index contributed by atoms with van der Waals surface area (Å²) in [4.78, 5) is 27.3. The predicted octanol–water partition coefficient (Wildman–Crippen LogP) is 2.25. The number of esters is 1. The Morgan fingerprint density at radius 3 is 2.78 bits per heavy atom. The Morgan fingerprint density at radius 1 is 1.26 bits per heavy atom. The number of fused-ring (bicyclic) bond motifs is 1. The molecule has 0 bridgehead atoms. The van der Waals surface area contributed by atoms with E-state index in [2.05, 4.69) is 9.72 Å². The Kier molecular flexibility index (Phi) is 4.05. The van der Waals surface area contributed by atoms with Gasteiger partial charge in [-0.3, -0.25) is 9.78 Å². The lowest BCUT2D eigenvalue weighted by Gasteiger charge is -2.05. The Morgan fingerprint density at radius 2 is 2.04 bits per heavy atom.